The Hall–Kier alpha value is -1.60. The molecule has 2 heterocycles. The van der Waals surface area contributed by atoms with Gasteiger partial charge in [0.25, 0.3) is 0 Å². The van der Waals surface area contributed by atoms with Crippen LogP contribution in [-0.2, 0) is 16.4 Å². The summed E-state index contributed by atoms with van der Waals surface area (Å²) in [7, 11) is -3.20. The van der Waals surface area contributed by atoms with Crippen molar-refractivity contribution in [1.29, 1.82) is 0 Å². The second-order valence-corrected chi connectivity index (χ2v) is 8.03. The minimum absolute atomic E-state index is 0.510. The van der Waals surface area contributed by atoms with Crippen molar-refractivity contribution >= 4 is 32.2 Å². The van der Waals surface area contributed by atoms with Crippen LogP contribution in [0.4, 0.5) is 10.8 Å². The van der Waals surface area contributed by atoms with Crippen LogP contribution in [0.15, 0.2) is 18.2 Å². The molecule has 1 aliphatic heterocycles. The molecule has 1 aromatic heterocycles. The lowest BCUT2D eigenvalue weighted by atomic mass is 10.1. The third-order valence-electron chi connectivity index (χ3n) is 3.42. The lowest BCUT2D eigenvalue weighted by Gasteiger charge is -2.16. The van der Waals surface area contributed by atoms with Crippen LogP contribution in [0.1, 0.15) is 10.4 Å². The molecule has 2 aromatic rings. The number of benzene rings is 1. The van der Waals surface area contributed by atoms with Crippen LogP contribution < -0.4 is 10.0 Å². The van der Waals surface area contributed by atoms with E-state index in [0.29, 0.717) is 11.7 Å². The Balaban J connectivity index is 2.06. The van der Waals surface area contributed by atoms with Gasteiger partial charge in [-0.1, -0.05) is 6.07 Å². The van der Waals surface area contributed by atoms with Gasteiger partial charge >= 0.3 is 0 Å². The monoisotopic (exact) mass is 309 g/mol. The Labute approximate surface area is 122 Å². The van der Waals surface area contributed by atoms with Crippen molar-refractivity contribution in [3.8, 4) is 11.3 Å². The number of anilines is 2. The Kier molecular flexibility index (Phi) is 2.98. The molecule has 0 unspecified atom stereocenters. The van der Waals surface area contributed by atoms with E-state index in [4.69, 9.17) is 5.73 Å². The third kappa shape index (κ3) is 2.16. The molecule has 0 spiro atoms. The van der Waals surface area contributed by atoms with Gasteiger partial charge < -0.3 is 5.73 Å². The number of aromatic nitrogens is 1. The fourth-order valence-electron chi connectivity index (χ4n) is 2.55. The summed E-state index contributed by atoms with van der Waals surface area (Å²) in [6.45, 7) is 2.50. The van der Waals surface area contributed by atoms with Crippen LogP contribution in [0, 0.1) is 6.92 Å². The number of nitrogens with two attached hydrogens (primary N) is 1. The molecule has 1 aliphatic rings. The first-order valence-corrected chi connectivity index (χ1v) is 8.86. The lowest BCUT2D eigenvalue weighted by Crippen LogP contribution is -2.27. The molecule has 0 atom stereocenters. The summed E-state index contributed by atoms with van der Waals surface area (Å²) in [5.41, 5.74) is 9.42. The van der Waals surface area contributed by atoms with Crippen molar-refractivity contribution in [2.24, 2.45) is 0 Å². The van der Waals surface area contributed by atoms with Crippen molar-refractivity contribution in [3.63, 3.8) is 0 Å². The van der Waals surface area contributed by atoms with Crippen molar-refractivity contribution in [2.75, 3.05) is 22.8 Å². The summed E-state index contributed by atoms with van der Waals surface area (Å²) in [4.78, 5) is 5.41. The number of rotatable bonds is 2. The average molecular weight is 309 g/mol. The molecule has 0 amide bonds. The lowest BCUT2D eigenvalue weighted by molar-refractivity contribution is 0.598. The highest BCUT2D eigenvalue weighted by Gasteiger charge is 2.26. The average Bonchev–Trinajstić information content (AvgIpc) is 2.90. The molecule has 7 heteroatoms. The molecule has 0 saturated heterocycles. The third-order valence-corrected chi connectivity index (χ3v) is 5.40. The van der Waals surface area contributed by atoms with E-state index < -0.39 is 10.0 Å². The highest BCUT2D eigenvalue weighted by Crippen LogP contribution is 2.35. The zero-order valence-corrected chi connectivity index (χ0v) is 12.9. The standard InChI is InChI=1S/C13H15N3O2S2/c1-8-12(15-13(14)19-8)10-3-4-11-9(7-10)5-6-16(11)20(2,17)18/h3-4,7H,5-6H2,1-2H3,(H2,14,15). The molecular weight excluding hydrogens is 294 g/mol. The van der Waals surface area contributed by atoms with E-state index in [9.17, 15) is 8.42 Å². The van der Waals surface area contributed by atoms with Gasteiger partial charge in [-0.25, -0.2) is 13.4 Å². The second-order valence-electron chi connectivity index (χ2n) is 4.89. The van der Waals surface area contributed by atoms with E-state index in [-0.39, 0.29) is 0 Å². The summed E-state index contributed by atoms with van der Waals surface area (Å²) < 4.78 is 24.9. The molecule has 0 radical (unpaired) electrons. The summed E-state index contributed by atoms with van der Waals surface area (Å²) >= 11 is 1.46. The van der Waals surface area contributed by atoms with Crippen LogP contribution in [0.25, 0.3) is 11.3 Å². The molecule has 106 valence electrons. The molecule has 5 nitrogen and oxygen atoms in total. The molecule has 1 aromatic carbocycles. The molecule has 3 rings (SSSR count). The number of aryl methyl sites for hydroxylation is 1. The normalized spacial score (nSPS) is 14.6. The molecule has 0 bridgehead atoms. The largest absolute Gasteiger partial charge is 0.375 e. The first kappa shape index (κ1) is 13.4. The maximum Gasteiger partial charge on any atom is 0.232 e. The summed E-state index contributed by atoms with van der Waals surface area (Å²) in [5.74, 6) is 0. The SMILES string of the molecule is Cc1sc(N)nc1-c1ccc2c(c1)CCN2S(C)(=O)=O. The Morgan fingerprint density at radius 3 is 2.75 bits per heavy atom. The second kappa shape index (κ2) is 4.46. The minimum atomic E-state index is -3.20. The van der Waals surface area contributed by atoms with Gasteiger partial charge in [0.05, 0.1) is 17.6 Å². The minimum Gasteiger partial charge on any atom is -0.375 e. The zero-order chi connectivity index (χ0) is 14.5. The number of hydrogen-bond donors (Lipinski definition) is 1. The highest BCUT2D eigenvalue weighted by molar-refractivity contribution is 7.92. The molecule has 20 heavy (non-hydrogen) atoms. The number of fused-ring (bicyclic) bond motifs is 1. The molecular formula is C13H15N3O2S2. The molecule has 2 N–H and O–H groups in total. The summed E-state index contributed by atoms with van der Waals surface area (Å²) in [6.07, 6.45) is 1.97. The molecule has 0 fully saturated rings. The van der Waals surface area contributed by atoms with E-state index in [1.165, 1.54) is 21.9 Å². The highest BCUT2D eigenvalue weighted by atomic mass is 32.2. The van der Waals surface area contributed by atoms with Gasteiger partial charge in [0, 0.05) is 17.0 Å². The summed E-state index contributed by atoms with van der Waals surface area (Å²) in [5, 5.41) is 0.552. The fourth-order valence-corrected chi connectivity index (χ4v) is 4.22. The van der Waals surface area contributed by atoms with Crippen LogP contribution in [0.5, 0.6) is 0 Å². The fraction of sp³-hybridized carbons (Fsp3) is 0.308. The van der Waals surface area contributed by atoms with Crippen LogP contribution in [-0.4, -0.2) is 26.2 Å². The number of thiazole rings is 1. The van der Waals surface area contributed by atoms with Gasteiger partial charge in [0.1, 0.15) is 0 Å². The van der Waals surface area contributed by atoms with E-state index >= 15 is 0 Å². The van der Waals surface area contributed by atoms with Crippen LogP contribution in [0.2, 0.25) is 0 Å². The number of nitrogen functional groups attached to an aromatic ring is 1. The van der Waals surface area contributed by atoms with E-state index in [1.807, 2.05) is 25.1 Å². The topological polar surface area (TPSA) is 76.3 Å². The van der Waals surface area contributed by atoms with Gasteiger partial charge in [0.2, 0.25) is 10.0 Å². The Bertz CT molecular complexity index is 781. The van der Waals surface area contributed by atoms with Gasteiger partial charge in [-0.15, -0.1) is 11.3 Å². The molecule has 0 aliphatic carbocycles. The van der Waals surface area contributed by atoms with Gasteiger partial charge in [-0.2, -0.15) is 0 Å². The first-order valence-electron chi connectivity index (χ1n) is 6.20. The van der Waals surface area contributed by atoms with Crippen molar-refractivity contribution in [3.05, 3.63) is 28.6 Å². The number of sulfonamides is 1. The number of nitrogens with zero attached hydrogens (tertiary/aromatic N) is 2. The van der Waals surface area contributed by atoms with Crippen LogP contribution in [0.3, 0.4) is 0 Å². The summed E-state index contributed by atoms with van der Waals surface area (Å²) in [6, 6.07) is 5.78. The van der Waals surface area contributed by atoms with E-state index in [0.717, 1.165) is 33.8 Å². The number of hydrogen-bond acceptors (Lipinski definition) is 5. The van der Waals surface area contributed by atoms with Crippen molar-refractivity contribution < 1.29 is 8.42 Å². The van der Waals surface area contributed by atoms with Gasteiger partial charge in [0.15, 0.2) is 5.13 Å². The quantitative estimate of drug-likeness (QED) is 0.921. The van der Waals surface area contributed by atoms with Crippen molar-refractivity contribution in [2.45, 2.75) is 13.3 Å². The maximum absolute atomic E-state index is 11.7. The van der Waals surface area contributed by atoms with E-state index in [1.54, 1.807) is 0 Å². The maximum atomic E-state index is 11.7. The van der Waals surface area contributed by atoms with Gasteiger partial charge in [-0.3, -0.25) is 4.31 Å². The predicted octanol–water partition coefficient (Wildman–Crippen LogP) is 2.02. The first-order chi connectivity index (χ1) is 9.36. The van der Waals surface area contributed by atoms with Crippen molar-refractivity contribution in [1.82, 2.24) is 4.98 Å². The Morgan fingerprint density at radius 1 is 1.40 bits per heavy atom. The smallest absolute Gasteiger partial charge is 0.232 e. The predicted molar refractivity (Wildman–Crippen MR) is 82.6 cm³/mol. The Morgan fingerprint density at radius 2 is 2.15 bits per heavy atom. The zero-order valence-electron chi connectivity index (χ0n) is 11.3. The van der Waals surface area contributed by atoms with E-state index in [2.05, 4.69) is 4.98 Å². The van der Waals surface area contributed by atoms with Gasteiger partial charge in [-0.05, 0) is 31.0 Å². The molecule has 0 saturated carbocycles. The van der Waals surface area contributed by atoms with Crippen LogP contribution >= 0.6 is 11.3 Å².